The molecule has 2 aliphatic rings. The quantitative estimate of drug-likeness (QED) is 0.799. The van der Waals surface area contributed by atoms with E-state index in [1.54, 1.807) is 0 Å². The molecule has 5 heteroatoms. The van der Waals surface area contributed by atoms with Gasteiger partial charge in [0.05, 0.1) is 0 Å². The van der Waals surface area contributed by atoms with Gasteiger partial charge in [0.25, 0.3) is 5.91 Å². The van der Waals surface area contributed by atoms with E-state index in [0.29, 0.717) is 12.3 Å². The lowest BCUT2D eigenvalue weighted by Gasteiger charge is -2.28. The number of rotatable bonds is 6. The van der Waals surface area contributed by atoms with Crippen molar-refractivity contribution in [1.82, 2.24) is 0 Å². The maximum atomic E-state index is 11.9. The predicted molar refractivity (Wildman–Crippen MR) is 98.7 cm³/mol. The molecule has 0 atom stereocenters. The zero-order chi connectivity index (χ0) is 17.5. The molecule has 0 aromatic heterocycles. The summed E-state index contributed by atoms with van der Waals surface area (Å²) in [6, 6.07) is 7.88. The fraction of sp³-hybridized carbons (Fsp3) is 0.600. The molecular weight excluding hydrogens is 316 g/mol. The minimum Gasteiger partial charge on any atom is -0.456 e. The monoisotopic (exact) mass is 344 g/mol. The van der Waals surface area contributed by atoms with E-state index in [0.717, 1.165) is 31.6 Å². The number of hydrogen-bond donors (Lipinski definition) is 1. The van der Waals surface area contributed by atoms with Crippen LogP contribution in [-0.4, -0.2) is 31.6 Å². The first-order valence-corrected chi connectivity index (χ1v) is 9.51. The minimum atomic E-state index is -0.287. The standard InChI is InChI=1S/C20H28N2O3/c23-19(15-25-20(24)14-16-6-2-3-7-16)21-17-8-10-18(11-9-17)22-12-4-1-5-13-22/h8-11,16H,1-7,12-15H2,(H,21,23). The molecule has 1 amide bonds. The average Bonchev–Trinajstić information content (AvgIpc) is 3.14. The molecular formula is C20H28N2O3. The summed E-state index contributed by atoms with van der Waals surface area (Å²) in [5.41, 5.74) is 1.93. The number of nitrogens with zero attached hydrogens (tertiary/aromatic N) is 1. The summed E-state index contributed by atoms with van der Waals surface area (Å²) in [6.45, 7) is 1.99. The second-order valence-electron chi connectivity index (χ2n) is 7.16. The van der Waals surface area contributed by atoms with E-state index in [9.17, 15) is 9.59 Å². The van der Waals surface area contributed by atoms with Crippen molar-refractivity contribution in [3.8, 4) is 0 Å². The van der Waals surface area contributed by atoms with Gasteiger partial charge in [0, 0.05) is 30.9 Å². The molecule has 1 aliphatic carbocycles. The number of nitrogens with one attached hydrogen (secondary N) is 1. The van der Waals surface area contributed by atoms with Crippen LogP contribution in [0.25, 0.3) is 0 Å². The lowest BCUT2D eigenvalue weighted by atomic mass is 10.1. The highest BCUT2D eigenvalue weighted by atomic mass is 16.5. The Labute approximate surface area is 149 Å². The normalized spacial score (nSPS) is 18.2. The summed E-state index contributed by atoms with van der Waals surface area (Å²) in [4.78, 5) is 26.1. The first-order valence-electron chi connectivity index (χ1n) is 9.51. The van der Waals surface area contributed by atoms with Gasteiger partial charge in [-0.3, -0.25) is 9.59 Å². The van der Waals surface area contributed by atoms with Gasteiger partial charge in [-0.25, -0.2) is 0 Å². The molecule has 0 radical (unpaired) electrons. The van der Waals surface area contributed by atoms with Crippen molar-refractivity contribution in [3.63, 3.8) is 0 Å². The van der Waals surface area contributed by atoms with Crippen LogP contribution in [0.1, 0.15) is 51.4 Å². The molecule has 1 N–H and O–H groups in total. The second-order valence-corrected chi connectivity index (χ2v) is 7.16. The summed E-state index contributed by atoms with van der Waals surface area (Å²) in [7, 11) is 0. The first-order chi connectivity index (χ1) is 12.2. The average molecular weight is 344 g/mol. The Kier molecular flexibility index (Phi) is 6.31. The van der Waals surface area contributed by atoms with Crippen LogP contribution in [0.2, 0.25) is 0 Å². The topological polar surface area (TPSA) is 58.6 Å². The summed E-state index contributed by atoms with van der Waals surface area (Å²) >= 11 is 0. The predicted octanol–water partition coefficient (Wildman–Crippen LogP) is 3.74. The van der Waals surface area contributed by atoms with E-state index < -0.39 is 0 Å². The van der Waals surface area contributed by atoms with Crippen molar-refractivity contribution in [2.75, 3.05) is 29.9 Å². The number of piperidine rings is 1. The number of ether oxygens (including phenoxy) is 1. The van der Waals surface area contributed by atoms with Gasteiger partial charge in [0.15, 0.2) is 6.61 Å². The van der Waals surface area contributed by atoms with Crippen LogP contribution < -0.4 is 10.2 Å². The van der Waals surface area contributed by atoms with Crippen molar-refractivity contribution in [2.45, 2.75) is 51.4 Å². The number of carbonyl (C=O) groups excluding carboxylic acids is 2. The van der Waals surface area contributed by atoms with Crippen LogP contribution in [-0.2, 0) is 14.3 Å². The smallest absolute Gasteiger partial charge is 0.306 e. The number of carbonyl (C=O) groups is 2. The van der Waals surface area contributed by atoms with E-state index in [1.165, 1.54) is 37.8 Å². The third-order valence-corrected chi connectivity index (χ3v) is 5.17. The highest BCUT2D eigenvalue weighted by Gasteiger charge is 2.19. The molecule has 1 heterocycles. The molecule has 1 aromatic rings. The maximum absolute atomic E-state index is 11.9. The van der Waals surface area contributed by atoms with E-state index >= 15 is 0 Å². The van der Waals surface area contributed by atoms with Crippen molar-refractivity contribution in [3.05, 3.63) is 24.3 Å². The molecule has 136 valence electrons. The number of esters is 1. The fourth-order valence-electron chi connectivity index (χ4n) is 3.76. The Morgan fingerprint density at radius 1 is 1.00 bits per heavy atom. The Morgan fingerprint density at radius 2 is 1.68 bits per heavy atom. The van der Waals surface area contributed by atoms with Gasteiger partial charge in [0.2, 0.25) is 0 Å². The summed E-state index contributed by atoms with van der Waals surface area (Å²) < 4.78 is 5.10. The second kappa shape index (κ2) is 8.88. The fourth-order valence-corrected chi connectivity index (χ4v) is 3.76. The molecule has 0 unspecified atom stereocenters. The van der Waals surface area contributed by atoms with Crippen molar-refractivity contribution in [2.24, 2.45) is 5.92 Å². The molecule has 0 spiro atoms. The number of benzene rings is 1. The summed E-state index contributed by atoms with van der Waals surface area (Å²) in [5, 5.41) is 2.79. The third kappa shape index (κ3) is 5.48. The van der Waals surface area contributed by atoms with E-state index in [2.05, 4.69) is 10.2 Å². The first kappa shape index (κ1) is 17.8. The van der Waals surface area contributed by atoms with Crippen LogP contribution in [0.15, 0.2) is 24.3 Å². The van der Waals surface area contributed by atoms with Crippen molar-refractivity contribution >= 4 is 23.3 Å². The highest BCUT2D eigenvalue weighted by Crippen LogP contribution is 2.27. The molecule has 1 aliphatic heterocycles. The molecule has 1 saturated heterocycles. The van der Waals surface area contributed by atoms with Crippen LogP contribution in [0.4, 0.5) is 11.4 Å². The number of hydrogen-bond acceptors (Lipinski definition) is 4. The molecule has 0 bridgehead atoms. The van der Waals surface area contributed by atoms with Gasteiger partial charge < -0.3 is 15.0 Å². The maximum Gasteiger partial charge on any atom is 0.306 e. The largest absolute Gasteiger partial charge is 0.456 e. The lowest BCUT2D eigenvalue weighted by Crippen LogP contribution is -2.29. The Morgan fingerprint density at radius 3 is 2.36 bits per heavy atom. The minimum absolute atomic E-state index is 0.209. The molecule has 2 fully saturated rings. The molecule has 1 saturated carbocycles. The molecule has 25 heavy (non-hydrogen) atoms. The number of anilines is 2. The van der Waals surface area contributed by atoms with E-state index in [1.807, 2.05) is 24.3 Å². The van der Waals surface area contributed by atoms with Gasteiger partial charge in [-0.05, 0) is 62.3 Å². The Balaban J connectivity index is 1.40. The summed E-state index contributed by atoms with van der Waals surface area (Å²) in [6.07, 6.45) is 8.84. The molecule has 5 nitrogen and oxygen atoms in total. The SMILES string of the molecule is O=C(COC(=O)CC1CCCC1)Nc1ccc(N2CCCCC2)cc1. The van der Waals surface area contributed by atoms with Crippen LogP contribution in [0, 0.1) is 5.92 Å². The van der Waals surface area contributed by atoms with Crippen LogP contribution in [0.5, 0.6) is 0 Å². The van der Waals surface area contributed by atoms with Gasteiger partial charge in [-0.2, -0.15) is 0 Å². The Hall–Kier alpha value is -2.04. The number of amides is 1. The highest BCUT2D eigenvalue weighted by molar-refractivity contribution is 5.92. The van der Waals surface area contributed by atoms with Crippen molar-refractivity contribution in [1.29, 1.82) is 0 Å². The zero-order valence-corrected chi connectivity index (χ0v) is 14.8. The third-order valence-electron chi connectivity index (χ3n) is 5.17. The Bertz CT molecular complexity index is 573. The summed E-state index contributed by atoms with van der Waals surface area (Å²) in [5.74, 6) is -0.106. The van der Waals surface area contributed by atoms with Crippen LogP contribution >= 0.6 is 0 Å². The van der Waals surface area contributed by atoms with Gasteiger partial charge >= 0.3 is 5.97 Å². The van der Waals surface area contributed by atoms with Gasteiger partial charge in [-0.1, -0.05) is 12.8 Å². The molecule has 3 rings (SSSR count). The molecule has 1 aromatic carbocycles. The van der Waals surface area contributed by atoms with Crippen molar-refractivity contribution < 1.29 is 14.3 Å². The van der Waals surface area contributed by atoms with Crippen LogP contribution in [0.3, 0.4) is 0 Å². The van der Waals surface area contributed by atoms with Gasteiger partial charge in [-0.15, -0.1) is 0 Å². The lowest BCUT2D eigenvalue weighted by molar-refractivity contribution is -0.148. The van der Waals surface area contributed by atoms with Gasteiger partial charge in [0.1, 0.15) is 0 Å². The zero-order valence-electron chi connectivity index (χ0n) is 14.8. The van der Waals surface area contributed by atoms with E-state index in [-0.39, 0.29) is 18.5 Å². The van der Waals surface area contributed by atoms with E-state index in [4.69, 9.17) is 4.74 Å².